The van der Waals surface area contributed by atoms with Crippen LogP contribution >= 0.6 is 27.5 Å². The van der Waals surface area contributed by atoms with Gasteiger partial charge in [0.15, 0.2) is 0 Å². The van der Waals surface area contributed by atoms with E-state index < -0.39 is 11.4 Å². The smallest absolute Gasteiger partial charge is 0.266 e. The summed E-state index contributed by atoms with van der Waals surface area (Å²) in [5, 5.41) is 9.01. The molecule has 1 aromatic carbocycles. The van der Waals surface area contributed by atoms with Gasteiger partial charge in [-0.25, -0.2) is 4.39 Å². The molecule has 0 aliphatic heterocycles. The van der Waals surface area contributed by atoms with E-state index in [1.165, 1.54) is 6.07 Å². The van der Waals surface area contributed by atoms with Gasteiger partial charge in [-0.3, -0.25) is 4.79 Å². The summed E-state index contributed by atoms with van der Waals surface area (Å²) in [6, 6.07) is 6.22. The Hall–Kier alpha value is -1.64. The average molecular weight is 342 g/mol. The number of pyridine rings is 1. The summed E-state index contributed by atoms with van der Waals surface area (Å²) in [6.07, 6.45) is 0. The van der Waals surface area contributed by atoms with Crippen LogP contribution in [0.15, 0.2) is 27.5 Å². The van der Waals surface area contributed by atoms with Crippen molar-refractivity contribution in [2.75, 3.05) is 0 Å². The summed E-state index contributed by atoms with van der Waals surface area (Å²) in [5.41, 5.74) is 0.827. The maximum Gasteiger partial charge on any atom is 0.266 e. The van der Waals surface area contributed by atoms with Gasteiger partial charge < -0.3 is 4.98 Å². The molecule has 0 radical (unpaired) electrons. The van der Waals surface area contributed by atoms with Crippen LogP contribution in [0.5, 0.6) is 0 Å². The molecule has 0 amide bonds. The molecule has 0 saturated heterocycles. The number of aromatic nitrogens is 1. The molecule has 96 valence electrons. The van der Waals surface area contributed by atoms with Gasteiger partial charge in [0, 0.05) is 15.7 Å². The molecule has 0 saturated carbocycles. The van der Waals surface area contributed by atoms with E-state index in [-0.39, 0.29) is 10.6 Å². The lowest BCUT2D eigenvalue weighted by Crippen LogP contribution is -2.12. The molecular formula is C13H7BrClFN2O. The summed E-state index contributed by atoms with van der Waals surface area (Å²) in [6.45, 7) is 1.69. The first-order valence-corrected chi connectivity index (χ1v) is 6.40. The number of H-pyrrole nitrogens is 1. The van der Waals surface area contributed by atoms with Crippen molar-refractivity contribution in [1.29, 1.82) is 5.26 Å². The van der Waals surface area contributed by atoms with E-state index >= 15 is 0 Å². The van der Waals surface area contributed by atoms with Crippen LogP contribution in [0.3, 0.4) is 0 Å². The molecule has 2 aromatic rings. The SMILES string of the molecule is Cc1cc(-c2cc(F)c(Cl)c(Br)c2)c(C#N)c(=O)[nH]1. The molecule has 0 fully saturated rings. The van der Waals surface area contributed by atoms with E-state index in [4.69, 9.17) is 16.9 Å². The molecular weight excluding hydrogens is 335 g/mol. The van der Waals surface area contributed by atoms with Crippen LogP contribution in [0.25, 0.3) is 11.1 Å². The fourth-order valence-corrected chi connectivity index (χ4v) is 2.28. The molecule has 1 heterocycles. The molecule has 6 heteroatoms. The van der Waals surface area contributed by atoms with Gasteiger partial charge in [0.1, 0.15) is 17.4 Å². The van der Waals surface area contributed by atoms with Crippen molar-refractivity contribution in [2.45, 2.75) is 6.92 Å². The Labute approximate surface area is 121 Å². The third kappa shape index (κ3) is 2.55. The zero-order valence-electron chi connectivity index (χ0n) is 9.72. The average Bonchev–Trinajstić information content (AvgIpc) is 2.34. The Morgan fingerprint density at radius 2 is 2.11 bits per heavy atom. The van der Waals surface area contributed by atoms with Gasteiger partial charge >= 0.3 is 0 Å². The summed E-state index contributed by atoms with van der Waals surface area (Å²) in [7, 11) is 0. The Kier molecular flexibility index (Phi) is 3.74. The molecule has 2 rings (SSSR count). The third-order valence-corrected chi connectivity index (χ3v) is 3.81. The number of nitrogens with one attached hydrogen (secondary N) is 1. The van der Waals surface area contributed by atoms with E-state index in [0.29, 0.717) is 21.3 Å². The van der Waals surface area contributed by atoms with Gasteiger partial charge in [-0.1, -0.05) is 11.6 Å². The van der Waals surface area contributed by atoms with Gasteiger partial charge in [0.2, 0.25) is 0 Å². The van der Waals surface area contributed by atoms with Crippen LogP contribution in [-0.2, 0) is 0 Å². The summed E-state index contributed by atoms with van der Waals surface area (Å²) in [5.74, 6) is -0.618. The number of hydrogen-bond donors (Lipinski definition) is 1. The number of aromatic amines is 1. The zero-order chi connectivity index (χ0) is 14.2. The minimum Gasteiger partial charge on any atom is -0.325 e. The number of nitriles is 1. The quantitative estimate of drug-likeness (QED) is 0.803. The molecule has 3 nitrogen and oxygen atoms in total. The van der Waals surface area contributed by atoms with Crippen molar-refractivity contribution >= 4 is 27.5 Å². The largest absolute Gasteiger partial charge is 0.325 e. The van der Waals surface area contributed by atoms with Crippen molar-refractivity contribution in [3.05, 3.63) is 55.1 Å². The molecule has 0 spiro atoms. The van der Waals surface area contributed by atoms with Gasteiger partial charge in [-0.15, -0.1) is 0 Å². The second kappa shape index (κ2) is 5.16. The highest BCUT2D eigenvalue weighted by Gasteiger charge is 2.14. The second-order valence-electron chi connectivity index (χ2n) is 3.94. The highest BCUT2D eigenvalue weighted by Crippen LogP contribution is 2.32. The number of halogens is 3. The van der Waals surface area contributed by atoms with Crippen LogP contribution in [0, 0.1) is 24.1 Å². The number of benzene rings is 1. The fourth-order valence-electron chi connectivity index (χ4n) is 1.74. The Morgan fingerprint density at radius 1 is 1.42 bits per heavy atom. The summed E-state index contributed by atoms with van der Waals surface area (Å²) >= 11 is 8.86. The normalized spacial score (nSPS) is 10.3. The van der Waals surface area contributed by atoms with Crippen molar-refractivity contribution in [1.82, 2.24) is 4.98 Å². The topological polar surface area (TPSA) is 56.6 Å². The number of hydrogen-bond acceptors (Lipinski definition) is 2. The molecule has 0 atom stereocenters. The lowest BCUT2D eigenvalue weighted by atomic mass is 10.0. The molecule has 1 N–H and O–H groups in total. The van der Waals surface area contributed by atoms with Gasteiger partial charge in [-0.05, 0) is 46.6 Å². The summed E-state index contributed by atoms with van der Waals surface area (Å²) in [4.78, 5) is 14.2. The van der Waals surface area contributed by atoms with E-state index in [1.54, 1.807) is 19.1 Å². The van der Waals surface area contributed by atoms with Gasteiger partial charge in [-0.2, -0.15) is 5.26 Å². The Morgan fingerprint density at radius 3 is 2.68 bits per heavy atom. The lowest BCUT2D eigenvalue weighted by Gasteiger charge is -2.07. The second-order valence-corrected chi connectivity index (χ2v) is 5.17. The number of nitrogens with zero attached hydrogens (tertiary/aromatic N) is 1. The highest BCUT2D eigenvalue weighted by molar-refractivity contribution is 9.10. The van der Waals surface area contributed by atoms with Crippen LogP contribution < -0.4 is 5.56 Å². The third-order valence-electron chi connectivity index (χ3n) is 2.57. The van der Waals surface area contributed by atoms with Crippen LogP contribution in [0.1, 0.15) is 11.3 Å². The molecule has 1 aromatic heterocycles. The predicted molar refractivity (Wildman–Crippen MR) is 74.6 cm³/mol. The fraction of sp³-hybridized carbons (Fsp3) is 0.0769. The van der Waals surface area contributed by atoms with Crippen LogP contribution in [0.2, 0.25) is 5.02 Å². The monoisotopic (exact) mass is 340 g/mol. The van der Waals surface area contributed by atoms with Crippen molar-refractivity contribution in [2.24, 2.45) is 0 Å². The predicted octanol–water partition coefficient (Wildman–Crippen LogP) is 3.78. The molecule has 0 unspecified atom stereocenters. The molecule has 0 aliphatic carbocycles. The maximum absolute atomic E-state index is 13.6. The highest BCUT2D eigenvalue weighted by atomic mass is 79.9. The molecule has 19 heavy (non-hydrogen) atoms. The minimum absolute atomic E-state index is 0.0381. The van der Waals surface area contributed by atoms with Gasteiger partial charge in [0.05, 0.1) is 5.02 Å². The first kappa shape index (κ1) is 13.8. The lowest BCUT2D eigenvalue weighted by molar-refractivity contribution is 0.628. The molecule has 0 bridgehead atoms. The van der Waals surface area contributed by atoms with Crippen LogP contribution in [0.4, 0.5) is 4.39 Å². The first-order valence-electron chi connectivity index (χ1n) is 5.23. The van der Waals surface area contributed by atoms with Gasteiger partial charge in [0.25, 0.3) is 5.56 Å². The van der Waals surface area contributed by atoms with Crippen molar-refractivity contribution in [3.63, 3.8) is 0 Å². The molecule has 0 aliphatic rings. The van der Waals surface area contributed by atoms with Crippen molar-refractivity contribution in [3.8, 4) is 17.2 Å². The zero-order valence-corrected chi connectivity index (χ0v) is 12.1. The summed E-state index contributed by atoms with van der Waals surface area (Å²) < 4.78 is 14.0. The maximum atomic E-state index is 13.6. The Balaban J connectivity index is 2.80. The van der Waals surface area contributed by atoms with E-state index in [1.807, 2.05) is 6.07 Å². The minimum atomic E-state index is -0.618. The van der Waals surface area contributed by atoms with E-state index in [9.17, 15) is 9.18 Å². The van der Waals surface area contributed by atoms with Crippen molar-refractivity contribution < 1.29 is 4.39 Å². The first-order chi connectivity index (χ1) is 8.93. The van der Waals surface area contributed by atoms with E-state index in [2.05, 4.69) is 20.9 Å². The number of aryl methyl sites for hydroxylation is 1. The van der Waals surface area contributed by atoms with E-state index in [0.717, 1.165) is 0 Å². The standard InChI is InChI=1S/C13H7BrClFN2O/c1-6-2-8(9(5-17)13(19)18-6)7-3-10(14)12(15)11(16)4-7/h2-4H,1H3,(H,18,19). The Bertz CT molecular complexity index is 741. The van der Waals surface area contributed by atoms with Crippen LogP contribution in [-0.4, -0.2) is 4.98 Å². The number of rotatable bonds is 1.